The fourth-order valence-corrected chi connectivity index (χ4v) is 6.69. The topological polar surface area (TPSA) is 69.7 Å². The van der Waals surface area contributed by atoms with Gasteiger partial charge in [0.25, 0.3) is 0 Å². The van der Waals surface area contributed by atoms with E-state index in [1.54, 1.807) is 12.1 Å². The van der Waals surface area contributed by atoms with Crippen molar-refractivity contribution in [3.05, 3.63) is 57.1 Å². The molecule has 0 unspecified atom stereocenters. The predicted molar refractivity (Wildman–Crippen MR) is 122 cm³/mol. The van der Waals surface area contributed by atoms with Crippen LogP contribution in [0, 0.1) is 25.7 Å². The Bertz CT molecular complexity index is 1250. The Balaban J connectivity index is 1.56. The zero-order chi connectivity index (χ0) is 22.5. The second-order valence-corrected chi connectivity index (χ2v) is 9.98. The molecule has 0 aliphatic carbocycles. The third-order valence-corrected chi connectivity index (χ3v) is 8.60. The average molecular weight is 470 g/mol. The van der Waals surface area contributed by atoms with Gasteiger partial charge in [0.05, 0.1) is 27.6 Å². The fraction of sp³-hybridized carbons (Fsp3) is 0.375. The average Bonchev–Trinajstić information content (AvgIpc) is 3.46. The Kier molecular flexibility index (Phi) is 4.15. The second kappa shape index (κ2) is 6.56. The first-order chi connectivity index (χ1) is 15.3. The Morgan fingerprint density at radius 3 is 2.56 bits per heavy atom. The van der Waals surface area contributed by atoms with Crippen LogP contribution in [0.2, 0.25) is 10.0 Å². The number of nitrogens with one attached hydrogen (secondary N) is 1. The maximum absolute atomic E-state index is 13.9. The smallest absolute Gasteiger partial charge is 0.250 e. The van der Waals surface area contributed by atoms with Gasteiger partial charge < -0.3 is 5.32 Å². The molecule has 1 N–H and O–H groups in total. The van der Waals surface area contributed by atoms with Crippen molar-refractivity contribution in [2.24, 2.45) is 11.8 Å². The number of hydrogen-bond acceptors (Lipinski definition) is 4. The van der Waals surface area contributed by atoms with Crippen LogP contribution < -0.4 is 10.2 Å². The van der Waals surface area contributed by atoms with E-state index in [2.05, 4.69) is 10.2 Å². The van der Waals surface area contributed by atoms with Crippen LogP contribution >= 0.6 is 23.2 Å². The predicted octanol–water partition coefficient (Wildman–Crippen LogP) is 4.04. The molecule has 6 rings (SSSR count). The van der Waals surface area contributed by atoms with E-state index in [-0.39, 0.29) is 28.8 Å². The van der Waals surface area contributed by atoms with Crippen LogP contribution in [0.25, 0.3) is 0 Å². The van der Waals surface area contributed by atoms with E-state index in [1.807, 2.05) is 26.0 Å². The van der Waals surface area contributed by atoms with E-state index in [0.717, 1.165) is 35.2 Å². The normalized spacial score (nSPS) is 30.8. The minimum atomic E-state index is -1.17. The molecule has 2 aromatic rings. The fourth-order valence-electron chi connectivity index (χ4n) is 6.40. The van der Waals surface area contributed by atoms with E-state index in [4.69, 9.17) is 23.2 Å². The Morgan fingerprint density at radius 1 is 1.03 bits per heavy atom. The minimum absolute atomic E-state index is 0.150. The number of aryl methyl sites for hydroxylation is 1. The van der Waals surface area contributed by atoms with Crippen molar-refractivity contribution in [2.75, 3.05) is 16.8 Å². The number of nitrogens with zero attached hydrogens (tertiary/aromatic N) is 2. The molecule has 4 heterocycles. The standard InChI is InChI=1S/C24H21Cl2N3O3/c1-11-5-7-14-20(12(11)2)27-23(32)24(14)19-18(17-4-3-9-28(17)24)21(30)29(22(19)31)13-6-8-15(25)16(26)10-13/h5-8,10,17-19H,3-4,9H2,1-2H3,(H,27,32)/t17-,18-,19-,24-/m0/s1. The van der Waals surface area contributed by atoms with Gasteiger partial charge in [-0.1, -0.05) is 35.3 Å². The maximum atomic E-state index is 13.9. The number of rotatable bonds is 1. The van der Waals surface area contributed by atoms with Crippen molar-refractivity contribution < 1.29 is 14.4 Å². The number of hydrogen-bond donors (Lipinski definition) is 1. The lowest BCUT2D eigenvalue weighted by atomic mass is 9.75. The van der Waals surface area contributed by atoms with Gasteiger partial charge in [-0.05, 0) is 62.6 Å². The van der Waals surface area contributed by atoms with Crippen LogP contribution in [-0.4, -0.2) is 35.2 Å². The van der Waals surface area contributed by atoms with Gasteiger partial charge in [0.2, 0.25) is 17.7 Å². The van der Waals surface area contributed by atoms with Crippen LogP contribution in [0.3, 0.4) is 0 Å². The van der Waals surface area contributed by atoms with Gasteiger partial charge in [-0.3, -0.25) is 19.3 Å². The number of carbonyl (C=O) groups is 3. The van der Waals surface area contributed by atoms with Gasteiger partial charge in [0.15, 0.2) is 0 Å². The van der Waals surface area contributed by atoms with Crippen LogP contribution in [-0.2, 0) is 19.9 Å². The van der Waals surface area contributed by atoms with Crippen molar-refractivity contribution in [1.82, 2.24) is 4.90 Å². The lowest BCUT2D eigenvalue weighted by Gasteiger charge is -2.36. The molecular weight excluding hydrogens is 449 g/mol. The first-order valence-corrected chi connectivity index (χ1v) is 11.6. The molecule has 0 saturated carbocycles. The molecule has 0 radical (unpaired) electrons. The van der Waals surface area contributed by atoms with E-state index in [0.29, 0.717) is 17.3 Å². The molecule has 2 aromatic carbocycles. The summed E-state index contributed by atoms with van der Waals surface area (Å²) in [5.74, 6) is -2.18. The van der Waals surface area contributed by atoms with Crippen molar-refractivity contribution in [1.29, 1.82) is 0 Å². The summed E-state index contributed by atoms with van der Waals surface area (Å²) in [6, 6.07) is 8.54. The number of halogens is 2. The van der Waals surface area contributed by atoms with Crippen molar-refractivity contribution in [3.63, 3.8) is 0 Å². The summed E-state index contributed by atoms with van der Waals surface area (Å²) in [5.41, 5.74) is 2.86. The molecule has 6 nitrogen and oxygen atoms in total. The van der Waals surface area contributed by atoms with Crippen LogP contribution in [0.1, 0.15) is 29.5 Å². The molecule has 8 heteroatoms. The van der Waals surface area contributed by atoms with Gasteiger partial charge in [0, 0.05) is 17.3 Å². The maximum Gasteiger partial charge on any atom is 0.250 e. The summed E-state index contributed by atoms with van der Waals surface area (Å²) in [5, 5.41) is 3.69. The summed E-state index contributed by atoms with van der Waals surface area (Å²) < 4.78 is 0. The van der Waals surface area contributed by atoms with E-state index in [1.165, 1.54) is 11.0 Å². The molecule has 3 amide bonds. The van der Waals surface area contributed by atoms with Crippen LogP contribution in [0.5, 0.6) is 0 Å². The molecule has 3 saturated heterocycles. The first-order valence-electron chi connectivity index (χ1n) is 10.8. The third-order valence-electron chi connectivity index (χ3n) is 7.86. The minimum Gasteiger partial charge on any atom is -0.324 e. The highest BCUT2D eigenvalue weighted by Gasteiger charge is 2.74. The largest absolute Gasteiger partial charge is 0.324 e. The molecule has 4 aliphatic rings. The van der Waals surface area contributed by atoms with E-state index >= 15 is 0 Å². The Hall–Kier alpha value is -2.41. The zero-order valence-electron chi connectivity index (χ0n) is 17.6. The van der Waals surface area contributed by atoms with Crippen LogP contribution in [0.15, 0.2) is 30.3 Å². The summed E-state index contributed by atoms with van der Waals surface area (Å²) in [6.45, 7) is 4.66. The lowest BCUT2D eigenvalue weighted by molar-refractivity contribution is -0.135. The molecule has 164 valence electrons. The summed E-state index contributed by atoms with van der Waals surface area (Å²) in [4.78, 5) is 44.7. The molecule has 0 aromatic heterocycles. The second-order valence-electron chi connectivity index (χ2n) is 9.17. The summed E-state index contributed by atoms with van der Waals surface area (Å²) in [7, 11) is 0. The number of anilines is 2. The Labute approximate surface area is 195 Å². The summed E-state index contributed by atoms with van der Waals surface area (Å²) in [6.07, 6.45) is 1.67. The highest BCUT2D eigenvalue weighted by Crippen LogP contribution is 2.61. The molecular formula is C24H21Cl2N3O3. The van der Waals surface area contributed by atoms with Gasteiger partial charge >= 0.3 is 0 Å². The number of amides is 3. The monoisotopic (exact) mass is 469 g/mol. The molecule has 4 atom stereocenters. The molecule has 4 aliphatic heterocycles. The van der Waals surface area contributed by atoms with Crippen molar-refractivity contribution >= 4 is 52.3 Å². The zero-order valence-corrected chi connectivity index (χ0v) is 19.1. The van der Waals surface area contributed by atoms with Gasteiger partial charge in [0.1, 0.15) is 5.54 Å². The van der Waals surface area contributed by atoms with E-state index < -0.39 is 17.4 Å². The van der Waals surface area contributed by atoms with Gasteiger partial charge in [-0.25, -0.2) is 4.90 Å². The van der Waals surface area contributed by atoms with E-state index in [9.17, 15) is 14.4 Å². The number of imide groups is 1. The lowest BCUT2D eigenvalue weighted by Crippen LogP contribution is -2.54. The number of fused-ring (bicyclic) bond motifs is 7. The number of carbonyl (C=O) groups excluding carboxylic acids is 3. The third kappa shape index (κ3) is 2.23. The van der Waals surface area contributed by atoms with Gasteiger partial charge in [-0.2, -0.15) is 0 Å². The van der Waals surface area contributed by atoms with Crippen LogP contribution in [0.4, 0.5) is 11.4 Å². The molecule has 1 spiro atoms. The quantitative estimate of drug-likeness (QED) is 0.639. The van der Waals surface area contributed by atoms with Gasteiger partial charge in [-0.15, -0.1) is 0 Å². The summed E-state index contributed by atoms with van der Waals surface area (Å²) >= 11 is 12.2. The highest BCUT2D eigenvalue weighted by atomic mass is 35.5. The Morgan fingerprint density at radius 2 is 1.81 bits per heavy atom. The SMILES string of the molecule is Cc1ccc2c(c1C)NC(=O)[C@@]21[C@@H]2C(=O)N(c3ccc(Cl)c(Cl)c3)C(=O)[C@H]2[C@@H]2CCCN21. The molecule has 3 fully saturated rings. The molecule has 0 bridgehead atoms. The first kappa shape index (κ1) is 20.2. The van der Waals surface area contributed by atoms with Crippen molar-refractivity contribution in [2.45, 2.75) is 38.3 Å². The number of benzene rings is 2. The molecule has 32 heavy (non-hydrogen) atoms. The highest BCUT2D eigenvalue weighted by molar-refractivity contribution is 6.42. The van der Waals surface area contributed by atoms with Crippen molar-refractivity contribution in [3.8, 4) is 0 Å².